The zero-order valence-corrected chi connectivity index (χ0v) is 11.7. The highest BCUT2D eigenvalue weighted by Crippen LogP contribution is 2.45. The van der Waals surface area contributed by atoms with Gasteiger partial charge < -0.3 is 0 Å². The number of hydrogen-bond donors (Lipinski definition) is 1. The smallest absolute Gasteiger partial charge is 0.273 e. The lowest BCUT2D eigenvalue weighted by atomic mass is 10.1. The van der Waals surface area contributed by atoms with Crippen LogP contribution in [0.25, 0.3) is 0 Å². The second-order valence-corrected chi connectivity index (χ2v) is 7.82. The summed E-state index contributed by atoms with van der Waals surface area (Å²) in [6.45, 7) is 1.77. The number of carbonyl (C=O) groups excluding carboxylic acids is 1. The first-order valence-electron chi connectivity index (χ1n) is 4.65. The van der Waals surface area contributed by atoms with E-state index in [2.05, 4.69) is 20.7 Å². The normalized spacial score (nSPS) is 18.1. The first kappa shape index (κ1) is 12.1. The molecule has 0 spiro atoms. The molecule has 0 aliphatic heterocycles. The average molecular weight is 324 g/mol. The summed E-state index contributed by atoms with van der Waals surface area (Å²) in [6.07, 6.45) is 1.50. The van der Waals surface area contributed by atoms with E-state index in [-0.39, 0.29) is 4.21 Å². The summed E-state index contributed by atoms with van der Waals surface area (Å²) >= 11 is 4.26. The molecule has 0 atom stereocenters. The van der Waals surface area contributed by atoms with Crippen LogP contribution in [-0.4, -0.2) is 14.3 Å². The van der Waals surface area contributed by atoms with Gasteiger partial charge in [-0.05, 0) is 34.8 Å². The molecule has 0 saturated heterocycles. The standard InChI is InChI=1S/C9H10BrNO3S2/c1-9(2-3-9)8(12)11-16(13,14)7-4-6(10)5-15-7/h4-5H,2-3H2,1H3,(H,11,12). The van der Waals surface area contributed by atoms with Crippen LogP contribution < -0.4 is 4.72 Å². The molecule has 0 radical (unpaired) electrons. The molecule has 2 rings (SSSR count). The Morgan fingerprint density at radius 3 is 2.62 bits per heavy atom. The largest absolute Gasteiger partial charge is 0.273 e. The van der Waals surface area contributed by atoms with E-state index < -0.39 is 21.3 Å². The SMILES string of the molecule is CC1(C(=O)NS(=O)(=O)c2cc(Br)cs2)CC1. The second kappa shape index (κ2) is 3.82. The van der Waals surface area contributed by atoms with E-state index in [1.165, 1.54) is 6.07 Å². The lowest BCUT2D eigenvalue weighted by molar-refractivity contribution is -0.123. The van der Waals surface area contributed by atoms with E-state index in [0.29, 0.717) is 4.47 Å². The molecule has 7 heteroatoms. The van der Waals surface area contributed by atoms with Crippen molar-refractivity contribution in [2.75, 3.05) is 0 Å². The summed E-state index contributed by atoms with van der Waals surface area (Å²) < 4.78 is 26.5. The average Bonchev–Trinajstić information content (AvgIpc) is 2.75. The molecule has 16 heavy (non-hydrogen) atoms. The second-order valence-electron chi connectivity index (χ2n) is 4.08. The van der Waals surface area contributed by atoms with Crippen molar-refractivity contribution in [2.24, 2.45) is 5.41 Å². The van der Waals surface area contributed by atoms with E-state index in [1.54, 1.807) is 12.3 Å². The number of rotatable bonds is 3. The summed E-state index contributed by atoms with van der Waals surface area (Å²) in [5.41, 5.74) is -0.485. The maximum absolute atomic E-state index is 11.8. The summed E-state index contributed by atoms with van der Waals surface area (Å²) in [4.78, 5) is 11.6. The van der Waals surface area contributed by atoms with Gasteiger partial charge >= 0.3 is 0 Å². The van der Waals surface area contributed by atoms with Gasteiger partial charge in [-0.3, -0.25) is 4.79 Å². The molecule has 1 saturated carbocycles. The number of thiophene rings is 1. The van der Waals surface area contributed by atoms with Crippen LogP contribution in [0, 0.1) is 5.41 Å². The maximum atomic E-state index is 11.8. The Morgan fingerprint density at radius 1 is 1.56 bits per heavy atom. The van der Waals surface area contributed by atoms with Gasteiger partial charge in [-0.2, -0.15) is 0 Å². The van der Waals surface area contributed by atoms with Crippen LogP contribution in [0.5, 0.6) is 0 Å². The van der Waals surface area contributed by atoms with Gasteiger partial charge in [0.25, 0.3) is 10.0 Å². The topological polar surface area (TPSA) is 63.2 Å². The fourth-order valence-corrected chi connectivity index (χ4v) is 4.10. The van der Waals surface area contributed by atoms with Gasteiger partial charge in [-0.25, -0.2) is 13.1 Å². The molecule has 0 aromatic carbocycles. The van der Waals surface area contributed by atoms with Crippen molar-refractivity contribution in [3.8, 4) is 0 Å². The third-order valence-electron chi connectivity index (χ3n) is 2.58. The Bertz CT molecular complexity index is 531. The van der Waals surface area contributed by atoms with Crippen molar-refractivity contribution in [2.45, 2.75) is 24.0 Å². The molecule has 4 nitrogen and oxygen atoms in total. The Labute approximate surface area is 106 Å². The van der Waals surface area contributed by atoms with Crippen LogP contribution in [0.3, 0.4) is 0 Å². The molecule has 1 aliphatic rings. The molecule has 1 amide bonds. The third-order valence-corrected chi connectivity index (χ3v) is 6.11. The molecule has 1 N–H and O–H groups in total. The molecule has 0 unspecified atom stereocenters. The number of amides is 1. The minimum absolute atomic E-state index is 0.150. The molecular weight excluding hydrogens is 314 g/mol. The van der Waals surface area contributed by atoms with E-state index in [4.69, 9.17) is 0 Å². The van der Waals surface area contributed by atoms with Crippen LogP contribution in [0.1, 0.15) is 19.8 Å². The zero-order chi connectivity index (χ0) is 12.0. The molecule has 1 aromatic heterocycles. The van der Waals surface area contributed by atoms with Crippen molar-refractivity contribution < 1.29 is 13.2 Å². The van der Waals surface area contributed by atoms with Crippen molar-refractivity contribution in [3.63, 3.8) is 0 Å². The van der Waals surface area contributed by atoms with Gasteiger partial charge in [0.15, 0.2) is 0 Å². The number of carbonyl (C=O) groups is 1. The molecule has 1 aliphatic carbocycles. The summed E-state index contributed by atoms with van der Waals surface area (Å²) in [7, 11) is -3.69. The van der Waals surface area contributed by atoms with Crippen LogP contribution in [-0.2, 0) is 14.8 Å². The Morgan fingerprint density at radius 2 is 2.19 bits per heavy atom. The van der Waals surface area contributed by atoms with E-state index in [1.807, 2.05) is 0 Å². The van der Waals surface area contributed by atoms with Gasteiger partial charge in [0.1, 0.15) is 4.21 Å². The van der Waals surface area contributed by atoms with Crippen molar-refractivity contribution in [1.82, 2.24) is 4.72 Å². The predicted octanol–water partition coefficient (Wildman–Crippen LogP) is 2.12. The minimum atomic E-state index is -3.69. The van der Waals surface area contributed by atoms with Crippen LogP contribution in [0.4, 0.5) is 0 Å². The highest BCUT2D eigenvalue weighted by Gasteiger charge is 2.46. The van der Waals surface area contributed by atoms with Gasteiger partial charge in [0.05, 0.1) is 0 Å². The minimum Gasteiger partial charge on any atom is -0.273 e. The van der Waals surface area contributed by atoms with Gasteiger partial charge in [0, 0.05) is 15.3 Å². The number of nitrogens with one attached hydrogen (secondary N) is 1. The van der Waals surface area contributed by atoms with E-state index in [0.717, 1.165) is 24.2 Å². The Hall–Kier alpha value is -0.400. The summed E-state index contributed by atoms with van der Waals surface area (Å²) in [5, 5.41) is 1.66. The molecule has 1 heterocycles. The predicted molar refractivity (Wildman–Crippen MR) is 64.7 cm³/mol. The first-order chi connectivity index (χ1) is 7.33. The molecule has 0 bridgehead atoms. The van der Waals surface area contributed by atoms with Gasteiger partial charge in [0.2, 0.25) is 5.91 Å². The van der Waals surface area contributed by atoms with E-state index in [9.17, 15) is 13.2 Å². The molecule has 88 valence electrons. The summed E-state index contributed by atoms with van der Waals surface area (Å²) in [5.74, 6) is -0.406. The number of halogens is 1. The quantitative estimate of drug-likeness (QED) is 0.926. The van der Waals surface area contributed by atoms with Crippen molar-refractivity contribution in [3.05, 3.63) is 15.9 Å². The van der Waals surface area contributed by atoms with Crippen LogP contribution >= 0.6 is 27.3 Å². The highest BCUT2D eigenvalue weighted by molar-refractivity contribution is 9.10. The molecule has 1 fully saturated rings. The highest BCUT2D eigenvalue weighted by atomic mass is 79.9. The lowest BCUT2D eigenvalue weighted by Crippen LogP contribution is -2.35. The van der Waals surface area contributed by atoms with E-state index >= 15 is 0 Å². The Balaban J connectivity index is 2.18. The molecular formula is C9H10BrNO3S2. The van der Waals surface area contributed by atoms with Crippen LogP contribution in [0.2, 0.25) is 0 Å². The maximum Gasteiger partial charge on any atom is 0.273 e. The fourth-order valence-electron chi connectivity index (χ4n) is 1.15. The van der Waals surface area contributed by atoms with Crippen molar-refractivity contribution >= 4 is 43.2 Å². The Kier molecular flexibility index (Phi) is 2.88. The molecule has 1 aromatic rings. The fraction of sp³-hybridized carbons (Fsp3) is 0.444. The monoisotopic (exact) mass is 323 g/mol. The number of sulfonamides is 1. The van der Waals surface area contributed by atoms with Gasteiger partial charge in [-0.1, -0.05) is 6.92 Å². The lowest BCUT2D eigenvalue weighted by Gasteiger charge is -2.08. The zero-order valence-electron chi connectivity index (χ0n) is 8.49. The third kappa shape index (κ3) is 2.31. The first-order valence-corrected chi connectivity index (χ1v) is 7.80. The van der Waals surface area contributed by atoms with Gasteiger partial charge in [-0.15, -0.1) is 11.3 Å². The summed E-state index contributed by atoms with van der Waals surface area (Å²) in [6, 6.07) is 1.48. The number of hydrogen-bond acceptors (Lipinski definition) is 4. The van der Waals surface area contributed by atoms with Crippen molar-refractivity contribution in [1.29, 1.82) is 0 Å². The van der Waals surface area contributed by atoms with Crippen LogP contribution in [0.15, 0.2) is 20.1 Å².